The zero-order chi connectivity index (χ0) is 40.7. The van der Waals surface area contributed by atoms with E-state index in [2.05, 4.69) is 219 Å². The average molecular weight is 802 g/mol. The molecule has 1 spiro atoms. The Hall–Kier alpha value is -6.22. The van der Waals surface area contributed by atoms with Crippen LogP contribution >= 0.6 is 0 Å². The van der Waals surface area contributed by atoms with Gasteiger partial charge in [-0.05, 0) is 139 Å². The highest BCUT2D eigenvalue weighted by atomic mass is 28.3. The van der Waals surface area contributed by atoms with Crippen LogP contribution in [-0.2, 0) is 5.41 Å². The molecule has 2 bridgehead atoms. The predicted molar refractivity (Wildman–Crippen MR) is 259 cm³/mol. The number of benzene rings is 8. The summed E-state index contributed by atoms with van der Waals surface area (Å²) in [5, 5.41) is 5.77. The van der Waals surface area contributed by atoms with Gasteiger partial charge in [0.15, 0.2) is 8.07 Å². The van der Waals surface area contributed by atoms with Gasteiger partial charge in [-0.15, -0.1) is 0 Å². The standard InChI is InChI=1S/C59H51NSi/c1-40-34-42-36-41(2)59(44(35-40)37-42)54-28-13-9-25-50(54)51-33-32-46(39-55(51)59)60(56-29-14-10-24-49(56)43-18-5-3-6-19-43)45-20-17-23-48(38-45)61(47-21-7-4-8-22-47)57-30-15-11-26-52(57)53-27-12-16-31-58(53)61/h3-33,38-42,44H,34-37H2,1-2H3/t40-,41+,42+,44+,59?/m1/s1. The van der Waals surface area contributed by atoms with Gasteiger partial charge in [0.25, 0.3) is 0 Å². The Labute approximate surface area is 362 Å². The minimum atomic E-state index is -2.73. The molecule has 0 radical (unpaired) electrons. The fourth-order valence-electron chi connectivity index (χ4n) is 13.4. The van der Waals surface area contributed by atoms with Gasteiger partial charge in [-0.1, -0.05) is 184 Å². The molecule has 0 saturated heterocycles. The quantitative estimate of drug-likeness (QED) is 0.151. The normalized spacial score (nSPS) is 22.5. The molecule has 12 rings (SSSR count). The summed E-state index contributed by atoms with van der Waals surface area (Å²) >= 11 is 0. The lowest BCUT2D eigenvalue weighted by Gasteiger charge is -2.54. The molecule has 2 fully saturated rings. The molecule has 2 saturated carbocycles. The van der Waals surface area contributed by atoms with Gasteiger partial charge in [-0.3, -0.25) is 0 Å². The van der Waals surface area contributed by atoms with Crippen LogP contribution in [0, 0.1) is 23.7 Å². The molecule has 0 aromatic heterocycles. The highest BCUT2D eigenvalue weighted by Crippen LogP contribution is 2.65. The van der Waals surface area contributed by atoms with E-state index in [0.29, 0.717) is 11.8 Å². The second kappa shape index (κ2) is 14.2. The van der Waals surface area contributed by atoms with Crippen LogP contribution in [-0.4, -0.2) is 8.07 Å². The number of hydrogen-bond acceptors (Lipinski definition) is 1. The first kappa shape index (κ1) is 36.6. The molecule has 1 aliphatic heterocycles. The second-order valence-corrected chi connectivity index (χ2v) is 22.4. The van der Waals surface area contributed by atoms with Gasteiger partial charge in [0, 0.05) is 22.4 Å². The molecule has 5 atom stereocenters. The van der Waals surface area contributed by atoms with Gasteiger partial charge in [-0.25, -0.2) is 0 Å². The Kier molecular flexibility index (Phi) is 8.51. The first-order valence-electron chi connectivity index (χ1n) is 22.6. The molecular weight excluding hydrogens is 751 g/mol. The number of rotatable bonds is 6. The third-order valence-electron chi connectivity index (χ3n) is 15.4. The fourth-order valence-corrected chi connectivity index (χ4v) is 18.6. The van der Waals surface area contributed by atoms with Crippen molar-refractivity contribution in [2.75, 3.05) is 4.90 Å². The van der Waals surface area contributed by atoms with Gasteiger partial charge in [0.2, 0.25) is 0 Å². The third kappa shape index (κ3) is 5.31. The van der Waals surface area contributed by atoms with Crippen molar-refractivity contribution in [2.24, 2.45) is 23.7 Å². The predicted octanol–water partition coefficient (Wildman–Crippen LogP) is 12.5. The van der Waals surface area contributed by atoms with E-state index in [9.17, 15) is 0 Å². The first-order valence-corrected chi connectivity index (χ1v) is 24.6. The number of fused-ring (bicyclic) bond motifs is 11. The number of nitrogens with zero attached hydrogens (tertiary/aromatic N) is 1. The lowest BCUT2D eigenvalue weighted by atomic mass is 9.49. The maximum Gasteiger partial charge on any atom is 0.180 e. The molecule has 1 nitrogen and oxygen atoms in total. The third-order valence-corrected chi connectivity index (χ3v) is 20.3. The minimum Gasteiger partial charge on any atom is -0.310 e. The summed E-state index contributed by atoms with van der Waals surface area (Å²) in [6.45, 7) is 5.10. The van der Waals surface area contributed by atoms with Crippen molar-refractivity contribution in [3.63, 3.8) is 0 Å². The van der Waals surface area contributed by atoms with Crippen LogP contribution in [0.2, 0.25) is 0 Å². The van der Waals surface area contributed by atoms with Crippen molar-refractivity contribution in [2.45, 2.75) is 44.9 Å². The lowest BCUT2D eigenvalue weighted by Crippen LogP contribution is -2.72. The van der Waals surface area contributed by atoms with Crippen LogP contribution in [0.25, 0.3) is 33.4 Å². The minimum absolute atomic E-state index is 0.00112. The molecule has 61 heavy (non-hydrogen) atoms. The van der Waals surface area contributed by atoms with Crippen LogP contribution in [0.1, 0.15) is 50.7 Å². The Morgan fingerprint density at radius 3 is 1.79 bits per heavy atom. The van der Waals surface area contributed by atoms with E-state index in [0.717, 1.165) is 11.8 Å². The molecule has 1 heterocycles. The van der Waals surface area contributed by atoms with Crippen molar-refractivity contribution in [3.05, 3.63) is 211 Å². The van der Waals surface area contributed by atoms with Crippen molar-refractivity contribution < 1.29 is 0 Å². The average Bonchev–Trinajstić information content (AvgIpc) is 3.78. The van der Waals surface area contributed by atoms with Crippen LogP contribution in [0.5, 0.6) is 0 Å². The molecule has 3 aliphatic carbocycles. The molecule has 0 N–H and O–H groups in total. The Morgan fingerprint density at radius 1 is 0.443 bits per heavy atom. The van der Waals surface area contributed by atoms with E-state index in [1.807, 2.05) is 0 Å². The molecule has 296 valence electrons. The number of anilines is 3. The molecule has 8 aromatic rings. The van der Waals surface area contributed by atoms with Gasteiger partial charge in [0.05, 0.1) is 5.69 Å². The van der Waals surface area contributed by atoms with Crippen molar-refractivity contribution in [3.8, 4) is 33.4 Å². The summed E-state index contributed by atoms with van der Waals surface area (Å²) in [5.41, 5.74) is 14.8. The SMILES string of the molecule is C[C@@H]1C[C@@H]2C[C@H](C1)C1(c3ccccc3-c3ccc(N(c4cccc([Si]5(c6ccccc6)c6ccccc6-c6ccccc65)c4)c4ccccc4-c4ccccc4)cc31)[C@@H](C)C2. The maximum absolute atomic E-state index is 2.73. The highest BCUT2D eigenvalue weighted by molar-refractivity contribution is 7.22. The summed E-state index contributed by atoms with van der Waals surface area (Å²) in [5.74, 6) is 2.79. The van der Waals surface area contributed by atoms with Crippen molar-refractivity contribution in [1.82, 2.24) is 0 Å². The van der Waals surface area contributed by atoms with E-state index in [4.69, 9.17) is 0 Å². The highest BCUT2D eigenvalue weighted by Gasteiger charge is 2.57. The molecule has 0 amide bonds. The number of hydrogen-bond donors (Lipinski definition) is 0. The van der Waals surface area contributed by atoms with Gasteiger partial charge >= 0.3 is 0 Å². The lowest BCUT2D eigenvalue weighted by molar-refractivity contribution is 0.0426. The molecule has 2 heteroatoms. The zero-order valence-electron chi connectivity index (χ0n) is 35.1. The van der Waals surface area contributed by atoms with E-state index < -0.39 is 8.07 Å². The van der Waals surface area contributed by atoms with Gasteiger partial charge < -0.3 is 4.90 Å². The largest absolute Gasteiger partial charge is 0.310 e. The molecule has 1 unspecified atom stereocenters. The van der Waals surface area contributed by atoms with E-state index in [-0.39, 0.29) is 5.41 Å². The molecule has 4 aliphatic rings. The maximum atomic E-state index is 2.64. The van der Waals surface area contributed by atoms with Gasteiger partial charge in [0.1, 0.15) is 0 Å². The second-order valence-electron chi connectivity index (χ2n) is 18.6. The summed E-state index contributed by atoms with van der Waals surface area (Å²) in [4.78, 5) is 2.60. The smallest absolute Gasteiger partial charge is 0.180 e. The Balaban J connectivity index is 1.12. The Bertz CT molecular complexity index is 2900. The molecular formula is C59H51NSi. The van der Waals surface area contributed by atoms with E-state index in [1.165, 1.54) is 96.9 Å². The number of para-hydroxylation sites is 1. The zero-order valence-corrected chi connectivity index (χ0v) is 36.1. The summed E-state index contributed by atoms with van der Waals surface area (Å²) < 4.78 is 0. The summed E-state index contributed by atoms with van der Waals surface area (Å²) in [6.07, 6.45) is 5.33. The van der Waals surface area contributed by atoms with Crippen molar-refractivity contribution in [1.29, 1.82) is 0 Å². The first-order chi connectivity index (χ1) is 30.1. The van der Waals surface area contributed by atoms with Crippen LogP contribution in [0.15, 0.2) is 200 Å². The fraction of sp³-hybridized carbons (Fsp3) is 0.186. The summed E-state index contributed by atoms with van der Waals surface area (Å²) in [6, 6.07) is 76.6. The van der Waals surface area contributed by atoms with Crippen LogP contribution < -0.4 is 25.6 Å². The Morgan fingerprint density at radius 2 is 1.03 bits per heavy atom. The van der Waals surface area contributed by atoms with E-state index in [1.54, 1.807) is 11.1 Å². The summed E-state index contributed by atoms with van der Waals surface area (Å²) in [7, 11) is -2.73. The molecule has 8 aromatic carbocycles. The van der Waals surface area contributed by atoms with Crippen LogP contribution in [0.4, 0.5) is 17.1 Å². The monoisotopic (exact) mass is 801 g/mol. The topological polar surface area (TPSA) is 3.24 Å². The van der Waals surface area contributed by atoms with E-state index >= 15 is 0 Å². The van der Waals surface area contributed by atoms with Crippen LogP contribution in [0.3, 0.4) is 0 Å². The van der Waals surface area contributed by atoms with Gasteiger partial charge in [-0.2, -0.15) is 0 Å². The van der Waals surface area contributed by atoms with Crippen molar-refractivity contribution >= 4 is 45.9 Å².